The van der Waals surface area contributed by atoms with Gasteiger partial charge in [-0.1, -0.05) is 24.3 Å². The van der Waals surface area contributed by atoms with Gasteiger partial charge in [0.2, 0.25) is 11.8 Å². The highest BCUT2D eigenvalue weighted by atomic mass is 32.1. The third-order valence-corrected chi connectivity index (χ3v) is 6.38. The highest BCUT2D eigenvalue weighted by molar-refractivity contribution is 7.14. The molecular formula is C26H29N3O5S. The van der Waals surface area contributed by atoms with Crippen molar-refractivity contribution in [1.82, 2.24) is 10.3 Å². The van der Waals surface area contributed by atoms with Crippen LogP contribution in [0.3, 0.4) is 0 Å². The molecule has 35 heavy (non-hydrogen) atoms. The lowest BCUT2D eigenvalue weighted by atomic mass is 10.0. The zero-order valence-corrected chi connectivity index (χ0v) is 21.3. The number of aromatic nitrogens is 1. The van der Waals surface area contributed by atoms with E-state index in [2.05, 4.69) is 10.3 Å². The molecule has 1 aromatic heterocycles. The number of ether oxygens (including phenoxy) is 2. The molecule has 0 aliphatic heterocycles. The van der Waals surface area contributed by atoms with E-state index in [1.165, 1.54) is 25.2 Å². The van der Waals surface area contributed by atoms with Crippen molar-refractivity contribution in [3.63, 3.8) is 0 Å². The number of amides is 2. The van der Waals surface area contributed by atoms with Gasteiger partial charge >= 0.3 is 5.97 Å². The van der Waals surface area contributed by atoms with Gasteiger partial charge < -0.3 is 14.8 Å². The van der Waals surface area contributed by atoms with Crippen LogP contribution in [-0.4, -0.2) is 29.9 Å². The van der Waals surface area contributed by atoms with Crippen LogP contribution in [0.5, 0.6) is 5.75 Å². The number of methoxy groups -OCH3 is 1. The van der Waals surface area contributed by atoms with Crippen LogP contribution in [0.25, 0.3) is 0 Å². The van der Waals surface area contributed by atoms with Crippen molar-refractivity contribution >= 4 is 39.9 Å². The van der Waals surface area contributed by atoms with Crippen molar-refractivity contribution in [2.75, 3.05) is 12.0 Å². The van der Waals surface area contributed by atoms with E-state index in [4.69, 9.17) is 9.47 Å². The number of thiazole rings is 1. The van der Waals surface area contributed by atoms with Crippen LogP contribution in [0, 0.1) is 13.8 Å². The van der Waals surface area contributed by atoms with Crippen molar-refractivity contribution in [3.8, 4) is 5.75 Å². The Balaban J connectivity index is 1.68. The Bertz CT molecular complexity index is 1210. The molecule has 0 radical (unpaired) electrons. The molecule has 0 saturated carbocycles. The summed E-state index contributed by atoms with van der Waals surface area (Å²) in [5.41, 5.74) is 4.14. The lowest BCUT2D eigenvalue weighted by Crippen LogP contribution is -2.28. The molecule has 0 fully saturated rings. The number of aryl methyl sites for hydroxylation is 1. The fraction of sp³-hybridized carbons (Fsp3) is 0.308. The maximum absolute atomic E-state index is 12.6. The summed E-state index contributed by atoms with van der Waals surface area (Å²) >= 11 is 1.30. The number of nitrogens with zero attached hydrogens (tertiary/aromatic N) is 2. The van der Waals surface area contributed by atoms with Gasteiger partial charge in [0.15, 0.2) is 5.13 Å². The van der Waals surface area contributed by atoms with E-state index in [1.807, 2.05) is 32.0 Å². The first kappa shape index (κ1) is 25.9. The number of hydrogen-bond acceptors (Lipinski definition) is 7. The predicted molar refractivity (Wildman–Crippen MR) is 135 cm³/mol. The summed E-state index contributed by atoms with van der Waals surface area (Å²) in [6.45, 7) is 6.80. The van der Waals surface area contributed by atoms with Crippen LogP contribution in [0.1, 0.15) is 48.7 Å². The third kappa shape index (κ3) is 6.66. The maximum Gasteiger partial charge on any atom is 0.308 e. The number of hydrogen-bond donors (Lipinski definition) is 1. The minimum Gasteiger partial charge on any atom is -0.497 e. The van der Waals surface area contributed by atoms with Gasteiger partial charge in [0.25, 0.3) is 0 Å². The Hall–Kier alpha value is -3.72. The van der Waals surface area contributed by atoms with Crippen LogP contribution in [-0.2, 0) is 25.7 Å². The van der Waals surface area contributed by atoms with Crippen LogP contribution >= 0.6 is 11.3 Å². The molecule has 3 aromatic rings. The smallest absolute Gasteiger partial charge is 0.308 e. The van der Waals surface area contributed by atoms with Crippen LogP contribution in [0.15, 0.2) is 47.8 Å². The zero-order valence-electron chi connectivity index (χ0n) is 20.5. The van der Waals surface area contributed by atoms with Crippen molar-refractivity contribution in [1.29, 1.82) is 0 Å². The van der Waals surface area contributed by atoms with Crippen molar-refractivity contribution in [3.05, 3.63) is 70.2 Å². The lowest BCUT2D eigenvalue weighted by molar-refractivity contribution is -0.145. The fourth-order valence-corrected chi connectivity index (χ4v) is 4.43. The second kappa shape index (κ2) is 11.6. The van der Waals surface area contributed by atoms with E-state index in [9.17, 15) is 14.4 Å². The molecule has 2 aromatic carbocycles. The van der Waals surface area contributed by atoms with E-state index in [-0.39, 0.29) is 24.8 Å². The molecule has 0 saturated heterocycles. The molecular weight excluding hydrogens is 466 g/mol. The topological polar surface area (TPSA) is 97.8 Å². The van der Waals surface area contributed by atoms with Gasteiger partial charge in [-0.15, -0.1) is 11.3 Å². The van der Waals surface area contributed by atoms with Crippen LogP contribution < -0.4 is 15.0 Å². The average molecular weight is 496 g/mol. The van der Waals surface area contributed by atoms with E-state index in [0.717, 1.165) is 22.4 Å². The second-order valence-electron chi connectivity index (χ2n) is 8.09. The van der Waals surface area contributed by atoms with E-state index >= 15 is 0 Å². The Morgan fingerprint density at radius 3 is 2.43 bits per heavy atom. The summed E-state index contributed by atoms with van der Waals surface area (Å²) in [7, 11) is 1.57. The molecule has 0 spiro atoms. The van der Waals surface area contributed by atoms with Gasteiger partial charge in [0.1, 0.15) is 12.4 Å². The highest BCUT2D eigenvalue weighted by Gasteiger charge is 2.22. The Labute approximate surface area is 208 Å². The molecule has 1 unspecified atom stereocenters. The van der Waals surface area contributed by atoms with E-state index < -0.39 is 12.0 Å². The second-order valence-corrected chi connectivity index (χ2v) is 8.92. The molecule has 0 aliphatic rings. The molecule has 1 heterocycles. The van der Waals surface area contributed by atoms with E-state index in [1.54, 1.807) is 41.7 Å². The number of esters is 1. The first-order valence-electron chi connectivity index (χ1n) is 11.1. The Kier molecular flexibility index (Phi) is 8.59. The monoisotopic (exact) mass is 495 g/mol. The molecule has 1 N–H and O–H groups in total. The molecule has 0 bridgehead atoms. The van der Waals surface area contributed by atoms with Gasteiger partial charge in [-0.05, 0) is 48.7 Å². The predicted octanol–water partition coefficient (Wildman–Crippen LogP) is 4.76. The molecule has 0 aliphatic carbocycles. The van der Waals surface area contributed by atoms with Crippen molar-refractivity contribution < 1.29 is 23.9 Å². The van der Waals surface area contributed by atoms with Gasteiger partial charge in [0, 0.05) is 19.2 Å². The van der Waals surface area contributed by atoms with Crippen molar-refractivity contribution in [2.45, 2.75) is 46.8 Å². The number of carbonyl (C=O) groups excluding carboxylic acids is 3. The first-order valence-corrected chi connectivity index (χ1v) is 12.0. The molecule has 1 atom stereocenters. The molecule has 9 heteroatoms. The van der Waals surface area contributed by atoms with Gasteiger partial charge in [-0.25, -0.2) is 4.98 Å². The SMILES string of the molecule is COc1ccc(C(CC(=O)OCc2csc(N(C(C)=O)c3cccc(C)c3C)n2)NC(C)=O)cc1. The number of rotatable bonds is 9. The summed E-state index contributed by atoms with van der Waals surface area (Å²) in [6.07, 6.45) is -0.0367. The number of nitrogens with one attached hydrogen (secondary N) is 1. The summed E-state index contributed by atoms with van der Waals surface area (Å²) in [4.78, 5) is 42.8. The standard InChI is InChI=1S/C26H29N3O5S/c1-16-7-6-8-24(17(16)2)29(19(4)31)26-28-21(15-35-26)14-34-25(32)13-23(27-18(3)30)20-9-11-22(33-5)12-10-20/h6-12,15,23H,13-14H2,1-5H3,(H,27,30). The minimum atomic E-state index is -0.533. The van der Waals surface area contributed by atoms with Gasteiger partial charge in [0.05, 0.1) is 31.0 Å². The Morgan fingerprint density at radius 2 is 1.80 bits per heavy atom. The molecule has 184 valence electrons. The van der Waals surface area contributed by atoms with Crippen LogP contribution in [0.4, 0.5) is 10.8 Å². The summed E-state index contributed by atoms with van der Waals surface area (Å²) in [5.74, 6) is -0.211. The number of anilines is 2. The number of benzene rings is 2. The summed E-state index contributed by atoms with van der Waals surface area (Å²) in [6, 6.07) is 12.4. The quantitative estimate of drug-likeness (QED) is 0.430. The molecule has 3 rings (SSSR count). The highest BCUT2D eigenvalue weighted by Crippen LogP contribution is 2.32. The van der Waals surface area contributed by atoms with Crippen molar-refractivity contribution in [2.24, 2.45) is 0 Å². The van der Waals surface area contributed by atoms with E-state index in [0.29, 0.717) is 16.6 Å². The number of carbonyl (C=O) groups is 3. The average Bonchev–Trinajstić information content (AvgIpc) is 3.28. The molecule has 2 amide bonds. The third-order valence-electron chi connectivity index (χ3n) is 5.51. The minimum absolute atomic E-state index is 0.0367. The zero-order chi connectivity index (χ0) is 25.5. The van der Waals surface area contributed by atoms with Gasteiger partial charge in [-0.3, -0.25) is 19.3 Å². The first-order chi connectivity index (χ1) is 16.7. The lowest BCUT2D eigenvalue weighted by Gasteiger charge is -2.21. The largest absolute Gasteiger partial charge is 0.497 e. The maximum atomic E-state index is 12.6. The summed E-state index contributed by atoms with van der Waals surface area (Å²) in [5, 5.41) is 5.05. The van der Waals surface area contributed by atoms with Crippen LogP contribution in [0.2, 0.25) is 0 Å². The summed E-state index contributed by atoms with van der Waals surface area (Å²) < 4.78 is 10.6. The Morgan fingerprint density at radius 1 is 1.09 bits per heavy atom. The van der Waals surface area contributed by atoms with Gasteiger partial charge in [-0.2, -0.15) is 0 Å². The fourth-order valence-electron chi connectivity index (χ4n) is 3.56. The molecule has 8 nitrogen and oxygen atoms in total. The normalized spacial score (nSPS) is 11.5.